The molecule has 1 saturated heterocycles. The standard InChI is InChI=1S/C14H24N2S/c1-2-7-15-10-13-5-3-8-16(11-13)12-14-6-4-9-17-14/h4,6,9,13,15H,2-3,5,7-8,10-12H2,1H3. The molecule has 1 N–H and O–H groups in total. The van der Waals surface area contributed by atoms with Gasteiger partial charge in [0.25, 0.3) is 0 Å². The zero-order valence-corrected chi connectivity index (χ0v) is 11.6. The monoisotopic (exact) mass is 252 g/mol. The van der Waals surface area contributed by atoms with Crippen molar-refractivity contribution in [3.8, 4) is 0 Å². The fourth-order valence-corrected chi connectivity index (χ4v) is 3.31. The van der Waals surface area contributed by atoms with Crippen LogP contribution in [0.4, 0.5) is 0 Å². The second-order valence-corrected chi connectivity index (χ2v) is 6.06. The van der Waals surface area contributed by atoms with Crippen LogP contribution in [0.25, 0.3) is 0 Å². The highest BCUT2D eigenvalue weighted by molar-refractivity contribution is 7.09. The van der Waals surface area contributed by atoms with Gasteiger partial charge in [0.05, 0.1) is 0 Å². The average Bonchev–Trinajstić information content (AvgIpc) is 2.83. The van der Waals surface area contributed by atoms with Gasteiger partial charge in [0, 0.05) is 18.0 Å². The lowest BCUT2D eigenvalue weighted by molar-refractivity contribution is 0.167. The molecule has 2 heterocycles. The number of piperidine rings is 1. The van der Waals surface area contributed by atoms with Crippen molar-refractivity contribution < 1.29 is 0 Å². The molecule has 0 spiro atoms. The Morgan fingerprint density at radius 3 is 3.24 bits per heavy atom. The maximum absolute atomic E-state index is 3.56. The van der Waals surface area contributed by atoms with Gasteiger partial charge in [-0.05, 0) is 56.3 Å². The van der Waals surface area contributed by atoms with E-state index in [9.17, 15) is 0 Å². The van der Waals surface area contributed by atoms with Crippen LogP contribution < -0.4 is 5.32 Å². The molecule has 1 atom stereocenters. The third-order valence-corrected chi connectivity index (χ3v) is 4.28. The molecule has 17 heavy (non-hydrogen) atoms. The van der Waals surface area contributed by atoms with Crippen molar-refractivity contribution in [1.82, 2.24) is 10.2 Å². The fourth-order valence-electron chi connectivity index (χ4n) is 2.57. The largest absolute Gasteiger partial charge is 0.316 e. The summed E-state index contributed by atoms with van der Waals surface area (Å²) in [6.45, 7) is 8.31. The first-order chi connectivity index (χ1) is 8.38. The van der Waals surface area contributed by atoms with Crippen molar-refractivity contribution in [2.45, 2.75) is 32.7 Å². The molecular formula is C14H24N2S. The number of likely N-dealkylation sites (tertiary alicyclic amines) is 1. The van der Waals surface area contributed by atoms with E-state index in [-0.39, 0.29) is 0 Å². The van der Waals surface area contributed by atoms with E-state index < -0.39 is 0 Å². The lowest BCUT2D eigenvalue weighted by atomic mass is 9.98. The molecule has 0 aliphatic carbocycles. The van der Waals surface area contributed by atoms with Crippen LogP contribution in [0.15, 0.2) is 17.5 Å². The summed E-state index contributed by atoms with van der Waals surface area (Å²) in [5, 5.41) is 5.74. The molecule has 3 heteroatoms. The van der Waals surface area contributed by atoms with Gasteiger partial charge in [0.15, 0.2) is 0 Å². The molecule has 0 bridgehead atoms. The van der Waals surface area contributed by atoms with Gasteiger partial charge < -0.3 is 5.32 Å². The number of hydrogen-bond donors (Lipinski definition) is 1. The normalized spacial score (nSPS) is 21.8. The van der Waals surface area contributed by atoms with Crippen LogP contribution in [0.1, 0.15) is 31.1 Å². The number of thiophene rings is 1. The molecule has 0 aromatic carbocycles. The van der Waals surface area contributed by atoms with Crippen molar-refractivity contribution in [2.75, 3.05) is 26.2 Å². The van der Waals surface area contributed by atoms with E-state index in [0.717, 1.165) is 12.5 Å². The van der Waals surface area contributed by atoms with E-state index in [4.69, 9.17) is 0 Å². The van der Waals surface area contributed by atoms with Crippen molar-refractivity contribution >= 4 is 11.3 Å². The van der Waals surface area contributed by atoms with Gasteiger partial charge in [-0.2, -0.15) is 0 Å². The Balaban J connectivity index is 1.72. The number of hydrogen-bond acceptors (Lipinski definition) is 3. The summed E-state index contributed by atoms with van der Waals surface area (Å²) in [6.07, 6.45) is 4.01. The topological polar surface area (TPSA) is 15.3 Å². The highest BCUT2D eigenvalue weighted by atomic mass is 32.1. The summed E-state index contributed by atoms with van der Waals surface area (Å²) in [5.41, 5.74) is 0. The van der Waals surface area contributed by atoms with E-state index in [1.165, 1.54) is 50.3 Å². The minimum Gasteiger partial charge on any atom is -0.316 e. The van der Waals surface area contributed by atoms with Gasteiger partial charge in [-0.1, -0.05) is 13.0 Å². The second kappa shape index (κ2) is 7.14. The maximum Gasteiger partial charge on any atom is 0.0328 e. The van der Waals surface area contributed by atoms with Crippen molar-refractivity contribution in [1.29, 1.82) is 0 Å². The van der Waals surface area contributed by atoms with Crippen LogP contribution in [-0.4, -0.2) is 31.1 Å². The van der Waals surface area contributed by atoms with Gasteiger partial charge >= 0.3 is 0 Å². The molecule has 1 unspecified atom stereocenters. The fraction of sp³-hybridized carbons (Fsp3) is 0.714. The molecule has 96 valence electrons. The Bertz CT molecular complexity index is 297. The number of nitrogens with zero attached hydrogens (tertiary/aromatic N) is 1. The SMILES string of the molecule is CCCNCC1CCCN(Cc2cccs2)C1. The van der Waals surface area contributed by atoms with E-state index in [1.807, 2.05) is 11.3 Å². The summed E-state index contributed by atoms with van der Waals surface area (Å²) >= 11 is 1.88. The third-order valence-electron chi connectivity index (χ3n) is 3.42. The smallest absolute Gasteiger partial charge is 0.0328 e. The van der Waals surface area contributed by atoms with Crippen LogP contribution in [-0.2, 0) is 6.54 Å². The molecule has 0 saturated carbocycles. The van der Waals surface area contributed by atoms with E-state index in [1.54, 1.807) is 0 Å². The Morgan fingerprint density at radius 1 is 1.53 bits per heavy atom. The molecule has 0 radical (unpaired) electrons. The molecule has 1 aliphatic rings. The lowest BCUT2D eigenvalue weighted by Gasteiger charge is -2.32. The second-order valence-electron chi connectivity index (χ2n) is 5.03. The van der Waals surface area contributed by atoms with Crippen LogP contribution >= 0.6 is 11.3 Å². The molecular weight excluding hydrogens is 228 g/mol. The first-order valence-corrected chi connectivity index (χ1v) is 7.72. The molecule has 1 fully saturated rings. The van der Waals surface area contributed by atoms with Crippen LogP contribution in [0.2, 0.25) is 0 Å². The van der Waals surface area contributed by atoms with Gasteiger partial charge in [-0.25, -0.2) is 0 Å². The highest BCUT2D eigenvalue weighted by Crippen LogP contribution is 2.19. The Hall–Kier alpha value is -0.380. The minimum absolute atomic E-state index is 0.857. The van der Waals surface area contributed by atoms with Crippen molar-refractivity contribution in [2.24, 2.45) is 5.92 Å². The number of nitrogens with one attached hydrogen (secondary N) is 1. The van der Waals surface area contributed by atoms with E-state index in [0.29, 0.717) is 0 Å². The quantitative estimate of drug-likeness (QED) is 0.783. The zero-order valence-electron chi connectivity index (χ0n) is 10.8. The highest BCUT2D eigenvalue weighted by Gasteiger charge is 2.19. The summed E-state index contributed by atoms with van der Waals surface area (Å²) < 4.78 is 0. The lowest BCUT2D eigenvalue weighted by Crippen LogP contribution is -2.39. The Morgan fingerprint density at radius 2 is 2.47 bits per heavy atom. The van der Waals surface area contributed by atoms with Crippen LogP contribution in [0.5, 0.6) is 0 Å². The van der Waals surface area contributed by atoms with Gasteiger partial charge in [-0.3, -0.25) is 4.90 Å². The Labute approximate surface area is 109 Å². The van der Waals surface area contributed by atoms with Crippen molar-refractivity contribution in [3.63, 3.8) is 0 Å². The first-order valence-electron chi connectivity index (χ1n) is 6.84. The zero-order chi connectivity index (χ0) is 11.9. The first kappa shape index (κ1) is 13.1. The van der Waals surface area contributed by atoms with E-state index in [2.05, 4.69) is 34.7 Å². The summed E-state index contributed by atoms with van der Waals surface area (Å²) in [5.74, 6) is 0.857. The predicted molar refractivity (Wildman–Crippen MR) is 75.5 cm³/mol. The third kappa shape index (κ3) is 4.41. The summed E-state index contributed by atoms with van der Waals surface area (Å²) in [7, 11) is 0. The van der Waals surface area contributed by atoms with Gasteiger partial charge in [0.1, 0.15) is 0 Å². The van der Waals surface area contributed by atoms with Crippen LogP contribution in [0, 0.1) is 5.92 Å². The van der Waals surface area contributed by atoms with Gasteiger partial charge in [-0.15, -0.1) is 11.3 Å². The average molecular weight is 252 g/mol. The molecule has 2 nitrogen and oxygen atoms in total. The summed E-state index contributed by atoms with van der Waals surface area (Å²) in [4.78, 5) is 4.13. The molecule has 0 amide bonds. The summed E-state index contributed by atoms with van der Waals surface area (Å²) in [6, 6.07) is 4.41. The maximum atomic E-state index is 3.56. The molecule has 1 aromatic rings. The van der Waals surface area contributed by atoms with Crippen LogP contribution in [0.3, 0.4) is 0 Å². The molecule has 1 aromatic heterocycles. The van der Waals surface area contributed by atoms with Gasteiger partial charge in [0.2, 0.25) is 0 Å². The Kier molecular flexibility index (Phi) is 5.49. The number of rotatable bonds is 6. The molecule has 2 rings (SSSR count). The van der Waals surface area contributed by atoms with E-state index >= 15 is 0 Å². The molecule has 1 aliphatic heterocycles. The van der Waals surface area contributed by atoms with Crippen molar-refractivity contribution in [3.05, 3.63) is 22.4 Å². The minimum atomic E-state index is 0.857. The predicted octanol–water partition coefficient (Wildman–Crippen LogP) is 2.96.